The molecular weight excluding hydrogens is 256 g/mol. The summed E-state index contributed by atoms with van der Waals surface area (Å²) in [5, 5.41) is 10.2. The SMILES string of the molecule is CC1CN(C(=O)c2ccc3[nH]ccc3c2)CC(CO)O1. The van der Waals surface area contributed by atoms with Gasteiger partial charge in [-0.25, -0.2) is 0 Å². The molecule has 0 saturated carbocycles. The van der Waals surface area contributed by atoms with E-state index in [1.165, 1.54) is 0 Å². The Morgan fingerprint density at radius 3 is 3.10 bits per heavy atom. The van der Waals surface area contributed by atoms with E-state index in [0.29, 0.717) is 18.7 Å². The van der Waals surface area contributed by atoms with Gasteiger partial charge in [-0.15, -0.1) is 0 Å². The third kappa shape index (κ3) is 2.42. The van der Waals surface area contributed by atoms with Gasteiger partial charge in [0.25, 0.3) is 5.91 Å². The number of nitrogens with one attached hydrogen (secondary N) is 1. The Hall–Kier alpha value is -1.85. The number of ether oxygens (including phenoxy) is 1. The number of carbonyl (C=O) groups is 1. The molecule has 2 aromatic rings. The maximum absolute atomic E-state index is 12.6. The maximum Gasteiger partial charge on any atom is 0.254 e. The van der Waals surface area contributed by atoms with Gasteiger partial charge in [-0.2, -0.15) is 0 Å². The van der Waals surface area contributed by atoms with Crippen LogP contribution in [0.2, 0.25) is 0 Å². The number of fused-ring (bicyclic) bond motifs is 1. The van der Waals surface area contributed by atoms with Crippen LogP contribution >= 0.6 is 0 Å². The van der Waals surface area contributed by atoms with Crippen molar-refractivity contribution in [2.45, 2.75) is 19.1 Å². The van der Waals surface area contributed by atoms with Crippen molar-refractivity contribution in [1.29, 1.82) is 0 Å². The summed E-state index contributed by atoms with van der Waals surface area (Å²) in [7, 11) is 0. The van der Waals surface area contributed by atoms with Crippen molar-refractivity contribution >= 4 is 16.8 Å². The van der Waals surface area contributed by atoms with E-state index >= 15 is 0 Å². The Labute approximate surface area is 117 Å². The summed E-state index contributed by atoms with van der Waals surface area (Å²) in [6.45, 7) is 2.84. The number of nitrogens with zero attached hydrogens (tertiary/aromatic N) is 1. The molecule has 1 fully saturated rings. The summed E-state index contributed by atoms with van der Waals surface area (Å²) in [5.74, 6) is -0.0123. The highest BCUT2D eigenvalue weighted by Crippen LogP contribution is 2.18. The number of hydrogen-bond donors (Lipinski definition) is 2. The van der Waals surface area contributed by atoms with E-state index in [9.17, 15) is 9.90 Å². The standard InChI is InChI=1S/C15H18N2O3/c1-10-7-17(8-13(9-18)20-10)15(19)12-2-3-14-11(6-12)4-5-16-14/h2-6,10,13,16,18H,7-9H2,1H3. The van der Waals surface area contributed by atoms with Crippen LogP contribution in [0.15, 0.2) is 30.5 Å². The first-order valence-electron chi connectivity index (χ1n) is 6.80. The molecule has 3 rings (SSSR count). The molecule has 1 saturated heterocycles. The van der Waals surface area contributed by atoms with E-state index in [2.05, 4.69) is 4.98 Å². The molecule has 2 unspecified atom stereocenters. The number of H-pyrrole nitrogens is 1. The molecule has 1 aromatic heterocycles. The van der Waals surface area contributed by atoms with Crippen molar-refractivity contribution in [3.63, 3.8) is 0 Å². The normalized spacial score (nSPS) is 23.2. The zero-order valence-corrected chi connectivity index (χ0v) is 11.4. The first kappa shape index (κ1) is 13.1. The van der Waals surface area contributed by atoms with Crippen molar-refractivity contribution in [2.75, 3.05) is 19.7 Å². The number of aromatic amines is 1. The molecule has 20 heavy (non-hydrogen) atoms. The summed E-state index contributed by atoms with van der Waals surface area (Å²) < 4.78 is 5.56. The minimum Gasteiger partial charge on any atom is -0.394 e. The Morgan fingerprint density at radius 1 is 1.45 bits per heavy atom. The van der Waals surface area contributed by atoms with Gasteiger partial charge in [0.15, 0.2) is 0 Å². The maximum atomic E-state index is 12.6. The molecule has 0 radical (unpaired) electrons. The Morgan fingerprint density at radius 2 is 2.30 bits per heavy atom. The molecule has 1 amide bonds. The minimum atomic E-state index is -0.293. The smallest absolute Gasteiger partial charge is 0.254 e. The molecule has 1 aromatic carbocycles. The number of carbonyl (C=O) groups excluding carboxylic acids is 1. The zero-order valence-electron chi connectivity index (χ0n) is 11.4. The lowest BCUT2D eigenvalue weighted by atomic mass is 10.1. The second-order valence-corrected chi connectivity index (χ2v) is 5.24. The van der Waals surface area contributed by atoms with Crippen molar-refractivity contribution < 1.29 is 14.6 Å². The quantitative estimate of drug-likeness (QED) is 0.869. The van der Waals surface area contributed by atoms with Crippen molar-refractivity contribution in [1.82, 2.24) is 9.88 Å². The van der Waals surface area contributed by atoms with E-state index in [0.717, 1.165) is 10.9 Å². The van der Waals surface area contributed by atoms with Crippen LogP contribution in [0, 0.1) is 0 Å². The molecule has 0 spiro atoms. The number of rotatable bonds is 2. The molecule has 5 nitrogen and oxygen atoms in total. The van der Waals surface area contributed by atoms with Gasteiger partial charge in [0.2, 0.25) is 0 Å². The van der Waals surface area contributed by atoms with E-state index in [-0.39, 0.29) is 24.7 Å². The molecule has 1 aliphatic heterocycles. The predicted molar refractivity (Wildman–Crippen MR) is 75.6 cm³/mol. The van der Waals surface area contributed by atoms with Crippen LogP contribution in [0.1, 0.15) is 17.3 Å². The highest BCUT2D eigenvalue weighted by molar-refractivity contribution is 5.98. The van der Waals surface area contributed by atoms with Crippen LogP contribution in [0.4, 0.5) is 0 Å². The predicted octanol–water partition coefficient (Wildman–Crippen LogP) is 1.39. The fourth-order valence-electron chi connectivity index (χ4n) is 2.68. The minimum absolute atomic E-state index is 0.0123. The molecular formula is C15H18N2O3. The van der Waals surface area contributed by atoms with Gasteiger partial charge >= 0.3 is 0 Å². The number of benzene rings is 1. The first-order chi connectivity index (χ1) is 9.67. The number of aromatic nitrogens is 1. The third-order valence-electron chi connectivity index (χ3n) is 3.62. The summed E-state index contributed by atoms with van der Waals surface area (Å²) in [5.41, 5.74) is 1.69. The fraction of sp³-hybridized carbons (Fsp3) is 0.400. The highest BCUT2D eigenvalue weighted by Gasteiger charge is 2.28. The number of amides is 1. The summed E-state index contributed by atoms with van der Waals surface area (Å²) in [4.78, 5) is 17.4. The van der Waals surface area contributed by atoms with Crippen LogP contribution in [-0.2, 0) is 4.74 Å². The van der Waals surface area contributed by atoms with Crippen molar-refractivity contribution in [2.24, 2.45) is 0 Å². The van der Waals surface area contributed by atoms with Gasteiger partial charge in [-0.05, 0) is 31.2 Å². The van der Waals surface area contributed by atoms with Crippen LogP contribution in [0.3, 0.4) is 0 Å². The topological polar surface area (TPSA) is 65.6 Å². The monoisotopic (exact) mass is 274 g/mol. The van der Waals surface area contributed by atoms with Gasteiger partial charge < -0.3 is 19.7 Å². The molecule has 2 heterocycles. The van der Waals surface area contributed by atoms with Gasteiger partial charge in [-0.3, -0.25) is 4.79 Å². The number of aliphatic hydroxyl groups is 1. The second kappa shape index (κ2) is 5.26. The van der Waals surface area contributed by atoms with Crippen LogP contribution < -0.4 is 0 Å². The van der Waals surface area contributed by atoms with Crippen molar-refractivity contribution in [3.8, 4) is 0 Å². The molecule has 0 bridgehead atoms. The Kier molecular flexibility index (Phi) is 3.46. The lowest BCUT2D eigenvalue weighted by Gasteiger charge is -2.36. The average Bonchev–Trinajstić information content (AvgIpc) is 2.93. The summed E-state index contributed by atoms with van der Waals surface area (Å²) in [6, 6.07) is 7.58. The number of aliphatic hydroxyl groups excluding tert-OH is 1. The Balaban J connectivity index is 1.83. The van der Waals surface area contributed by atoms with E-state index < -0.39 is 0 Å². The molecule has 106 valence electrons. The van der Waals surface area contributed by atoms with Gasteiger partial charge in [0.1, 0.15) is 0 Å². The van der Waals surface area contributed by atoms with Gasteiger partial charge in [0.05, 0.1) is 18.8 Å². The largest absolute Gasteiger partial charge is 0.394 e. The highest BCUT2D eigenvalue weighted by atomic mass is 16.5. The van der Waals surface area contributed by atoms with Gasteiger partial charge in [0, 0.05) is 35.8 Å². The molecule has 2 atom stereocenters. The van der Waals surface area contributed by atoms with Crippen LogP contribution in [0.25, 0.3) is 10.9 Å². The average molecular weight is 274 g/mol. The second-order valence-electron chi connectivity index (χ2n) is 5.24. The lowest BCUT2D eigenvalue weighted by molar-refractivity contribution is -0.0858. The molecule has 0 aliphatic carbocycles. The van der Waals surface area contributed by atoms with E-state index in [4.69, 9.17) is 4.74 Å². The van der Waals surface area contributed by atoms with Crippen molar-refractivity contribution in [3.05, 3.63) is 36.0 Å². The molecule has 2 N–H and O–H groups in total. The van der Waals surface area contributed by atoms with Crippen LogP contribution in [-0.4, -0.2) is 52.8 Å². The van der Waals surface area contributed by atoms with E-state index in [1.54, 1.807) is 4.90 Å². The number of hydrogen-bond acceptors (Lipinski definition) is 3. The zero-order chi connectivity index (χ0) is 14.1. The lowest BCUT2D eigenvalue weighted by Crippen LogP contribution is -2.50. The van der Waals surface area contributed by atoms with Crippen LogP contribution in [0.5, 0.6) is 0 Å². The third-order valence-corrected chi connectivity index (χ3v) is 3.62. The summed E-state index contributed by atoms with van der Waals surface area (Å²) in [6.07, 6.45) is 1.51. The Bertz CT molecular complexity index is 622. The van der Waals surface area contributed by atoms with Gasteiger partial charge in [-0.1, -0.05) is 0 Å². The molecule has 1 aliphatic rings. The number of morpholine rings is 1. The van der Waals surface area contributed by atoms with E-state index in [1.807, 2.05) is 37.4 Å². The molecule has 5 heteroatoms. The fourth-order valence-corrected chi connectivity index (χ4v) is 2.68. The first-order valence-corrected chi connectivity index (χ1v) is 6.80. The summed E-state index contributed by atoms with van der Waals surface area (Å²) >= 11 is 0.